The van der Waals surface area contributed by atoms with Crippen LogP contribution in [0.15, 0.2) is 30.3 Å². The zero-order valence-electron chi connectivity index (χ0n) is 11.5. The van der Waals surface area contributed by atoms with Crippen molar-refractivity contribution in [2.24, 2.45) is 5.92 Å². The van der Waals surface area contributed by atoms with Crippen molar-refractivity contribution in [3.63, 3.8) is 0 Å². The van der Waals surface area contributed by atoms with Gasteiger partial charge in [-0.15, -0.1) is 0 Å². The molecule has 2 saturated heterocycles. The molecule has 0 aromatic heterocycles. The smallest absolute Gasteiger partial charge is 0.162 e. The van der Waals surface area contributed by atoms with Crippen LogP contribution in [-0.2, 0) is 25.6 Å². The fourth-order valence-corrected chi connectivity index (χ4v) is 2.86. The number of ether oxygens (including phenoxy) is 4. The Balaban J connectivity index is 1.57. The summed E-state index contributed by atoms with van der Waals surface area (Å²) in [7, 11) is 1.62. The molecule has 1 N–H and O–H groups in total. The maximum absolute atomic E-state index is 10.3. The van der Waals surface area contributed by atoms with Gasteiger partial charge in [0.2, 0.25) is 0 Å². The summed E-state index contributed by atoms with van der Waals surface area (Å²) in [6.07, 6.45) is -0.729. The molecule has 0 amide bonds. The SMILES string of the molecule is COC1CC2OCC(O1)C2C(O)OCc1ccccc1. The summed E-state index contributed by atoms with van der Waals surface area (Å²) in [4.78, 5) is 0. The van der Waals surface area contributed by atoms with E-state index in [1.165, 1.54) is 0 Å². The van der Waals surface area contributed by atoms with Crippen molar-refractivity contribution >= 4 is 0 Å². The number of fused-ring (bicyclic) bond motifs is 2. The van der Waals surface area contributed by atoms with Gasteiger partial charge in [0, 0.05) is 13.5 Å². The maximum atomic E-state index is 10.3. The highest BCUT2D eigenvalue weighted by Crippen LogP contribution is 2.36. The van der Waals surface area contributed by atoms with Gasteiger partial charge in [-0.25, -0.2) is 0 Å². The summed E-state index contributed by atoms with van der Waals surface area (Å²) < 4.78 is 22.2. The topological polar surface area (TPSA) is 57.2 Å². The first-order valence-corrected chi connectivity index (χ1v) is 6.91. The fraction of sp³-hybridized carbons (Fsp3) is 0.600. The van der Waals surface area contributed by atoms with E-state index < -0.39 is 6.29 Å². The second-order valence-corrected chi connectivity index (χ2v) is 5.21. The molecular weight excluding hydrogens is 260 g/mol. The van der Waals surface area contributed by atoms with E-state index in [0.717, 1.165) is 5.56 Å². The van der Waals surface area contributed by atoms with Crippen LogP contribution in [0.1, 0.15) is 12.0 Å². The van der Waals surface area contributed by atoms with E-state index in [0.29, 0.717) is 19.6 Å². The molecule has 5 nitrogen and oxygen atoms in total. The molecule has 0 aliphatic carbocycles. The van der Waals surface area contributed by atoms with Crippen LogP contribution in [0.4, 0.5) is 0 Å². The van der Waals surface area contributed by atoms with Gasteiger partial charge in [-0.3, -0.25) is 0 Å². The molecule has 3 rings (SSSR count). The lowest BCUT2D eigenvalue weighted by Gasteiger charge is -2.35. The fourth-order valence-electron chi connectivity index (χ4n) is 2.86. The molecular formula is C15H20O5. The minimum absolute atomic E-state index is 0.0653. The number of aliphatic hydroxyl groups excluding tert-OH is 1. The summed E-state index contributed by atoms with van der Waals surface area (Å²) in [6, 6.07) is 9.79. The zero-order chi connectivity index (χ0) is 13.9. The van der Waals surface area contributed by atoms with Gasteiger partial charge in [0.1, 0.15) is 0 Å². The number of methoxy groups -OCH3 is 1. The highest BCUT2D eigenvalue weighted by molar-refractivity contribution is 5.13. The van der Waals surface area contributed by atoms with E-state index in [4.69, 9.17) is 18.9 Å². The molecule has 0 radical (unpaired) electrons. The number of hydrogen-bond acceptors (Lipinski definition) is 5. The molecule has 2 aliphatic heterocycles. The van der Waals surface area contributed by atoms with E-state index in [2.05, 4.69) is 0 Å². The average molecular weight is 280 g/mol. The van der Waals surface area contributed by atoms with Crippen LogP contribution in [-0.4, -0.2) is 43.6 Å². The van der Waals surface area contributed by atoms with E-state index in [9.17, 15) is 5.11 Å². The summed E-state index contributed by atoms with van der Waals surface area (Å²) in [5.74, 6) is -0.148. The standard InChI is InChI=1S/C15H20O5/c1-17-13-7-11-14(12(20-13)9-18-11)15(16)19-8-10-5-3-2-4-6-10/h2-6,11-16H,7-9H2,1H3. The van der Waals surface area contributed by atoms with Crippen LogP contribution < -0.4 is 0 Å². The van der Waals surface area contributed by atoms with Crippen molar-refractivity contribution in [3.05, 3.63) is 35.9 Å². The minimum Gasteiger partial charge on any atom is -0.375 e. The molecule has 5 unspecified atom stereocenters. The Labute approximate surface area is 118 Å². The maximum Gasteiger partial charge on any atom is 0.162 e. The molecule has 1 aromatic carbocycles. The van der Waals surface area contributed by atoms with Gasteiger partial charge in [0.15, 0.2) is 12.6 Å². The Morgan fingerprint density at radius 1 is 1.30 bits per heavy atom. The van der Waals surface area contributed by atoms with Crippen LogP contribution in [0.3, 0.4) is 0 Å². The van der Waals surface area contributed by atoms with Gasteiger partial charge < -0.3 is 24.1 Å². The zero-order valence-corrected chi connectivity index (χ0v) is 11.5. The van der Waals surface area contributed by atoms with Gasteiger partial charge in [-0.2, -0.15) is 0 Å². The van der Waals surface area contributed by atoms with Crippen molar-refractivity contribution in [2.75, 3.05) is 13.7 Å². The molecule has 20 heavy (non-hydrogen) atoms. The van der Waals surface area contributed by atoms with Crippen LogP contribution in [0.5, 0.6) is 0 Å². The van der Waals surface area contributed by atoms with Gasteiger partial charge in [0.05, 0.1) is 31.3 Å². The first-order valence-electron chi connectivity index (χ1n) is 6.91. The Kier molecular flexibility index (Phi) is 4.33. The number of rotatable bonds is 5. The van der Waals surface area contributed by atoms with E-state index in [1.54, 1.807) is 7.11 Å². The third-order valence-electron chi connectivity index (χ3n) is 3.94. The molecule has 2 heterocycles. The second-order valence-electron chi connectivity index (χ2n) is 5.21. The molecule has 0 saturated carbocycles. The van der Waals surface area contributed by atoms with Gasteiger partial charge in [-0.1, -0.05) is 30.3 Å². The lowest BCUT2D eigenvalue weighted by molar-refractivity contribution is -0.238. The van der Waals surface area contributed by atoms with Gasteiger partial charge in [0.25, 0.3) is 0 Å². The van der Waals surface area contributed by atoms with Crippen molar-refractivity contribution in [3.8, 4) is 0 Å². The van der Waals surface area contributed by atoms with Crippen molar-refractivity contribution < 1.29 is 24.1 Å². The predicted molar refractivity (Wildman–Crippen MR) is 70.8 cm³/mol. The monoisotopic (exact) mass is 280 g/mol. The molecule has 5 heteroatoms. The summed E-state index contributed by atoms with van der Waals surface area (Å²) >= 11 is 0. The normalized spacial score (nSPS) is 34.1. The Bertz CT molecular complexity index is 410. The van der Waals surface area contributed by atoms with Crippen LogP contribution in [0.25, 0.3) is 0 Å². The summed E-state index contributed by atoms with van der Waals surface area (Å²) in [5, 5.41) is 10.3. The Hall–Kier alpha value is -0.980. The summed E-state index contributed by atoms with van der Waals surface area (Å²) in [6.45, 7) is 0.868. The van der Waals surface area contributed by atoms with E-state index >= 15 is 0 Å². The Morgan fingerprint density at radius 3 is 2.80 bits per heavy atom. The quantitative estimate of drug-likeness (QED) is 0.824. The lowest BCUT2D eigenvalue weighted by atomic mass is 9.93. The molecule has 5 atom stereocenters. The van der Waals surface area contributed by atoms with Crippen LogP contribution in [0, 0.1) is 5.92 Å². The molecule has 2 bridgehead atoms. The van der Waals surface area contributed by atoms with Crippen molar-refractivity contribution in [1.29, 1.82) is 0 Å². The molecule has 0 spiro atoms. The summed E-state index contributed by atoms with van der Waals surface area (Å²) in [5.41, 5.74) is 1.03. The molecule has 1 aromatic rings. The second kappa shape index (κ2) is 6.20. The molecule has 2 aliphatic rings. The van der Waals surface area contributed by atoms with Crippen LogP contribution in [0.2, 0.25) is 0 Å². The Morgan fingerprint density at radius 2 is 2.10 bits per heavy atom. The van der Waals surface area contributed by atoms with Gasteiger partial charge in [-0.05, 0) is 5.56 Å². The van der Waals surface area contributed by atoms with Crippen molar-refractivity contribution in [1.82, 2.24) is 0 Å². The van der Waals surface area contributed by atoms with E-state index in [1.807, 2.05) is 30.3 Å². The van der Waals surface area contributed by atoms with E-state index in [-0.39, 0.29) is 24.4 Å². The number of hydrogen-bond donors (Lipinski definition) is 1. The minimum atomic E-state index is -0.884. The van der Waals surface area contributed by atoms with Crippen molar-refractivity contribution in [2.45, 2.75) is 37.8 Å². The largest absolute Gasteiger partial charge is 0.375 e. The molecule has 2 fully saturated rings. The third kappa shape index (κ3) is 2.87. The highest BCUT2D eigenvalue weighted by Gasteiger charge is 2.48. The van der Waals surface area contributed by atoms with Crippen LogP contribution >= 0.6 is 0 Å². The first kappa shape index (κ1) is 14.0. The third-order valence-corrected chi connectivity index (χ3v) is 3.94. The van der Waals surface area contributed by atoms with Gasteiger partial charge >= 0.3 is 0 Å². The lowest BCUT2D eigenvalue weighted by Crippen LogP contribution is -2.46. The first-order chi connectivity index (χ1) is 9.78. The molecule has 110 valence electrons. The average Bonchev–Trinajstić information content (AvgIpc) is 2.76. The predicted octanol–water partition coefficient (Wildman–Crippen LogP) is 1.30. The highest BCUT2D eigenvalue weighted by atomic mass is 16.7. The number of aliphatic hydroxyl groups is 1. The number of benzene rings is 1.